The summed E-state index contributed by atoms with van der Waals surface area (Å²) in [5.41, 5.74) is 6.61. The van der Waals surface area contributed by atoms with Gasteiger partial charge in [-0.1, -0.05) is 0 Å². The van der Waals surface area contributed by atoms with E-state index < -0.39 is 0 Å². The molecule has 1 saturated heterocycles. The maximum absolute atomic E-state index is 12.0. The van der Waals surface area contributed by atoms with Gasteiger partial charge in [0.25, 0.3) is 5.91 Å². The highest BCUT2D eigenvalue weighted by Crippen LogP contribution is 2.22. The number of carbonyl (C=O) groups excluding carboxylic acids is 1. The fourth-order valence-electron chi connectivity index (χ4n) is 1.80. The lowest BCUT2D eigenvalue weighted by Gasteiger charge is -2.30. The van der Waals surface area contributed by atoms with E-state index >= 15 is 0 Å². The molecule has 0 spiro atoms. The van der Waals surface area contributed by atoms with E-state index in [-0.39, 0.29) is 24.4 Å². The van der Waals surface area contributed by atoms with Crippen molar-refractivity contribution in [3.05, 3.63) is 20.8 Å². The molecule has 1 aromatic heterocycles. The second kappa shape index (κ2) is 6.00. The number of nitrogens with zero attached hydrogens (tertiary/aromatic N) is 1. The minimum atomic E-state index is 0. The summed E-state index contributed by atoms with van der Waals surface area (Å²) in [5.74, 6) is 0.104. The minimum Gasteiger partial charge on any atom is -0.337 e. The fourth-order valence-corrected chi connectivity index (χ4v) is 2.93. The molecule has 3 nitrogen and oxygen atoms in total. The Morgan fingerprint density at radius 1 is 1.62 bits per heavy atom. The first-order chi connectivity index (χ1) is 7.16. The highest BCUT2D eigenvalue weighted by molar-refractivity contribution is 9.11. The van der Waals surface area contributed by atoms with Crippen LogP contribution in [0.5, 0.6) is 0 Å². The second-order valence-electron chi connectivity index (χ2n) is 3.79. The summed E-state index contributed by atoms with van der Waals surface area (Å²) < 4.78 is 0.993. The second-order valence-corrected chi connectivity index (χ2v) is 6.08. The number of likely N-dealkylation sites (tertiary alicyclic amines) is 1. The molecule has 0 aliphatic carbocycles. The third-order valence-corrected chi connectivity index (χ3v) is 4.06. The molecular weight excluding hydrogens is 312 g/mol. The van der Waals surface area contributed by atoms with E-state index in [1.165, 1.54) is 11.3 Å². The molecular formula is C10H14BrClN2OS. The third kappa shape index (κ3) is 3.20. The standard InChI is InChI=1S/C10H13BrN2OS.ClH/c11-9-4-7(6-15-9)10(14)13-3-1-2-8(12)5-13;/h4,6,8H,1-3,5,12H2;1H/t8-;/m1./s1. The van der Waals surface area contributed by atoms with Crippen molar-refractivity contribution in [3.8, 4) is 0 Å². The van der Waals surface area contributed by atoms with Crippen molar-refractivity contribution in [2.75, 3.05) is 13.1 Å². The predicted octanol–water partition coefficient (Wildman–Crippen LogP) is 2.50. The molecule has 0 aromatic carbocycles. The lowest BCUT2D eigenvalue weighted by atomic mass is 10.1. The number of amides is 1. The van der Waals surface area contributed by atoms with Crippen molar-refractivity contribution in [2.45, 2.75) is 18.9 Å². The van der Waals surface area contributed by atoms with E-state index in [0.29, 0.717) is 6.54 Å². The smallest absolute Gasteiger partial charge is 0.254 e. The van der Waals surface area contributed by atoms with Crippen LogP contribution in [0.2, 0.25) is 0 Å². The number of piperidine rings is 1. The van der Waals surface area contributed by atoms with Gasteiger partial charge in [-0.3, -0.25) is 4.79 Å². The molecule has 1 aliphatic heterocycles. The number of halogens is 2. The quantitative estimate of drug-likeness (QED) is 0.862. The van der Waals surface area contributed by atoms with E-state index in [4.69, 9.17) is 5.73 Å². The van der Waals surface area contributed by atoms with Crippen molar-refractivity contribution in [1.29, 1.82) is 0 Å². The molecule has 0 radical (unpaired) electrons. The van der Waals surface area contributed by atoms with Crippen LogP contribution >= 0.6 is 39.7 Å². The number of nitrogens with two attached hydrogens (primary N) is 1. The lowest BCUT2D eigenvalue weighted by molar-refractivity contribution is 0.0709. The molecule has 16 heavy (non-hydrogen) atoms. The van der Waals surface area contributed by atoms with E-state index in [9.17, 15) is 4.79 Å². The van der Waals surface area contributed by atoms with Crippen LogP contribution < -0.4 is 5.73 Å². The van der Waals surface area contributed by atoms with Gasteiger partial charge in [0, 0.05) is 24.5 Å². The summed E-state index contributed by atoms with van der Waals surface area (Å²) in [6.45, 7) is 1.52. The molecule has 2 N–H and O–H groups in total. The summed E-state index contributed by atoms with van der Waals surface area (Å²) in [7, 11) is 0. The Morgan fingerprint density at radius 2 is 2.38 bits per heavy atom. The van der Waals surface area contributed by atoms with Gasteiger partial charge in [0.05, 0.1) is 9.35 Å². The molecule has 0 bridgehead atoms. The SMILES string of the molecule is Cl.N[C@@H]1CCCN(C(=O)c2csc(Br)c2)C1. The van der Waals surface area contributed by atoms with Gasteiger partial charge in [0.1, 0.15) is 0 Å². The molecule has 1 aromatic rings. The Hall–Kier alpha value is -0.100. The van der Waals surface area contributed by atoms with E-state index in [2.05, 4.69) is 15.9 Å². The molecule has 2 rings (SSSR count). The van der Waals surface area contributed by atoms with E-state index in [1.807, 2.05) is 16.3 Å². The van der Waals surface area contributed by atoms with Crippen molar-refractivity contribution >= 4 is 45.6 Å². The van der Waals surface area contributed by atoms with Gasteiger partial charge in [0.15, 0.2) is 0 Å². The summed E-state index contributed by atoms with van der Waals surface area (Å²) >= 11 is 4.89. The number of carbonyl (C=O) groups is 1. The highest BCUT2D eigenvalue weighted by atomic mass is 79.9. The number of thiophene rings is 1. The Labute approximate surface area is 114 Å². The summed E-state index contributed by atoms with van der Waals surface area (Å²) in [6.07, 6.45) is 2.04. The Balaban J connectivity index is 0.00000128. The lowest BCUT2D eigenvalue weighted by Crippen LogP contribution is -2.45. The Morgan fingerprint density at radius 3 is 2.94 bits per heavy atom. The van der Waals surface area contributed by atoms with Crippen LogP contribution in [0.25, 0.3) is 0 Å². The minimum absolute atomic E-state index is 0. The zero-order valence-corrected chi connectivity index (χ0v) is 11.9. The van der Waals surface area contributed by atoms with Gasteiger partial charge in [-0.2, -0.15) is 0 Å². The summed E-state index contributed by atoms with van der Waals surface area (Å²) in [6, 6.07) is 2.01. The fraction of sp³-hybridized carbons (Fsp3) is 0.500. The van der Waals surface area contributed by atoms with Crippen LogP contribution in [0.15, 0.2) is 15.2 Å². The van der Waals surface area contributed by atoms with Gasteiger partial charge in [0.2, 0.25) is 0 Å². The van der Waals surface area contributed by atoms with Crippen molar-refractivity contribution in [1.82, 2.24) is 4.90 Å². The summed E-state index contributed by atoms with van der Waals surface area (Å²) in [5, 5.41) is 1.88. The first-order valence-electron chi connectivity index (χ1n) is 4.95. The molecule has 6 heteroatoms. The van der Waals surface area contributed by atoms with E-state index in [0.717, 1.165) is 28.7 Å². The van der Waals surface area contributed by atoms with Crippen LogP contribution in [0.4, 0.5) is 0 Å². The van der Waals surface area contributed by atoms with Gasteiger partial charge < -0.3 is 10.6 Å². The van der Waals surface area contributed by atoms with Crippen molar-refractivity contribution < 1.29 is 4.79 Å². The average molecular weight is 326 g/mol. The molecule has 1 fully saturated rings. The first-order valence-corrected chi connectivity index (χ1v) is 6.63. The van der Waals surface area contributed by atoms with Gasteiger partial charge in [-0.15, -0.1) is 23.7 Å². The maximum Gasteiger partial charge on any atom is 0.254 e. The van der Waals surface area contributed by atoms with Gasteiger partial charge in [-0.25, -0.2) is 0 Å². The molecule has 1 amide bonds. The highest BCUT2D eigenvalue weighted by Gasteiger charge is 2.22. The monoisotopic (exact) mass is 324 g/mol. The molecule has 1 atom stereocenters. The van der Waals surface area contributed by atoms with Gasteiger partial charge >= 0.3 is 0 Å². The van der Waals surface area contributed by atoms with Crippen LogP contribution in [0, 0.1) is 0 Å². The van der Waals surface area contributed by atoms with Crippen LogP contribution in [-0.4, -0.2) is 29.9 Å². The average Bonchev–Trinajstić information content (AvgIpc) is 2.64. The zero-order valence-electron chi connectivity index (χ0n) is 8.69. The Bertz CT molecular complexity index is 371. The van der Waals surface area contributed by atoms with Crippen LogP contribution in [-0.2, 0) is 0 Å². The molecule has 1 aliphatic rings. The third-order valence-electron chi connectivity index (χ3n) is 2.56. The van der Waals surface area contributed by atoms with Gasteiger partial charge in [-0.05, 0) is 34.8 Å². The molecule has 2 heterocycles. The van der Waals surface area contributed by atoms with Crippen molar-refractivity contribution in [3.63, 3.8) is 0 Å². The van der Waals surface area contributed by atoms with E-state index in [1.54, 1.807) is 0 Å². The predicted molar refractivity (Wildman–Crippen MR) is 72.4 cm³/mol. The number of hydrogen-bond donors (Lipinski definition) is 1. The topological polar surface area (TPSA) is 46.3 Å². The normalized spacial score (nSPS) is 20.4. The Kier molecular flexibility index (Phi) is 5.24. The number of hydrogen-bond acceptors (Lipinski definition) is 3. The first kappa shape index (κ1) is 14.0. The largest absolute Gasteiger partial charge is 0.337 e. The number of rotatable bonds is 1. The van der Waals surface area contributed by atoms with Crippen LogP contribution in [0.3, 0.4) is 0 Å². The molecule has 0 saturated carbocycles. The maximum atomic E-state index is 12.0. The summed E-state index contributed by atoms with van der Waals surface area (Å²) in [4.78, 5) is 13.9. The van der Waals surface area contributed by atoms with Crippen molar-refractivity contribution in [2.24, 2.45) is 5.73 Å². The zero-order chi connectivity index (χ0) is 10.8. The van der Waals surface area contributed by atoms with Crippen LogP contribution in [0.1, 0.15) is 23.2 Å². The molecule has 0 unspecified atom stereocenters. The molecule has 90 valence electrons.